The molecule has 0 bridgehead atoms. The van der Waals surface area contributed by atoms with E-state index in [1.54, 1.807) is 23.9 Å². The minimum absolute atomic E-state index is 0.207. The van der Waals surface area contributed by atoms with Gasteiger partial charge in [-0.05, 0) is 55.4 Å². The molecule has 1 nitrogen and oxygen atoms in total. The summed E-state index contributed by atoms with van der Waals surface area (Å²) in [6, 6.07) is 13.3. The molecular formula is C16H17ClFNS. The maximum atomic E-state index is 13.7. The van der Waals surface area contributed by atoms with E-state index in [-0.39, 0.29) is 5.82 Å². The first-order valence-electron chi connectivity index (χ1n) is 6.44. The molecule has 1 unspecified atom stereocenters. The van der Waals surface area contributed by atoms with Crippen molar-refractivity contribution in [3.8, 4) is 0 Å². The topological polar surface area (TPSA) is 12.0 Å². The van der Waals surface area contributed by atoms with Crippen LogP contribution in [0.5, 0.6) is 0 Å². The lowest BCUT2D eigenvalue weighted by Gasteiger charge is -2.12. The molecule has 0 aliphatic rings. The van der Waals surface area contributed by atoms with E-state index in [9.17, 15) is 4.39 Å². The smallest absolute Gasteiger partial charge is 0.127 e. The largest absolute Gasteiger partial charge is 0.313 e. The average molecular weight is 310 g/mol. The quantitative estimate of drug-likeness (QED) is 0.775. The lowest BCUT2D eigenvalue weighted by atomic mass is 10.1. The molecule has 2 aromatic rings. The molecule has 106 valence electrons. The first-order chi connectivity index (χ1) is 9.60. The molecule has 0 heterocycles. The van der Waals surface area contributed by atoms with Crippen molar-refractivity contribution < 1.29 is 4.39 Å². The Hall–Kier alpha value is -1.03. The van der Waals surface area contributed by atoms with E-state index in [0.29, 0.717) is 22.4 Å². The highest BCUT2D eigenvalue weighted by Crippen LogP contribution is 2.27. The van der Waals surface area contributed by atoms with Crippen LogP contribution in [0.3, 0.4) is 0 Å². The Morgan fingerprint density at radius 2 is 2.05 bits per heavy atom. The van der Waals surface area contributed by atoms with Crippen molar-refractivity contribution in [1.82, 2.24) is 5.32 Å². The first-order valence-corrected chi connectivity index (χ1v) is 7.80. The predicted octanol–water partition coefficient (Wildman–Crippen LogP) is 5.05. The number of halogens is 2. The van der Waals surface area contributed by atoms with Crippen LogP contribution in [0, 0.1) is 5.82 Å². The van der Waals surface area contributed by atoms with Gasteiger partial charge >= 0.3 is 0 Å². The van der Waals surface area contributed by atoms with Gasteiger partial charge in [0.1, 0.15) is 5.82 Å². The zero-order chi connectivity index (χ0) is 14.5. The molecule has 0 fully saturated rings. The second-order valence-corrected chi connectivity index (χ2v) is 6.09. The van der Waals surface area contributed by atoms with E-state index in [1.165, 1.54) is 11.6 Å². The molecular weight excluding hydrogens is 293 g/mol. The molecule has 0 amide bonds. The molecule has 2 rings (SSSR count). The summed E-state index contributed by atoms with van der Waals surface area (Å²) in [6.45, 7) is 2.11. The maximum absolute atomic E-state index is 13.7. The van der Waals surface area contributed by atoms with Crippen LogP contribution < -0.4 is 5.32 Å². The third-order valence-corrected chi connectivity index (χ3v) is 4.47. The highest BCUT2D eigenvalue weighted by atomic mass is 35.5. The molecule has 4 heteroatoms. The fourth-order valence-electron chi connectivity index (χ4n) is 1.86. The number of rotatable bonds is 5. The van der Waals surface area contributed by atoms with E-state index >= 15 is 0 Å². The summed E-state index contributed by atoms with van der Waals surface area (Å²) >= 11 is 7.51. The van der Waals surface area contributed by atoms with Gasteiger partial charge in [-0.25, -0.2) is 4.39 Å². The van der Waals surface area contributed by atoms with Crippen molar-refractivity contribution in [3.63, 3.8) is 0 Å². The second-order valence-electron chi connectivity index (χ2n) is 4.61. The van der Waals surface area contributed by atoms with Crippen molar-refractivity contribution >= 4 is 23.4 Å². The van der Waals surface area contributed by atoms with Crippen LogP contribution in [0.2, 0.25) is 5.02 Å². The van der Waals surface area contributed by atoms with Crippen LogP contribution >= 0.6 is 23.4 Å². The van der Waals surface area contributed by atoms with Gasteiger partial charge in [-0.1, -0.05) is 23.7 Å². The molecule has 20 heavy (non-hydrogen) atoms. The minimum Gasteiger partial charge on any atom is -0.313 e. The summed E-state index contributed by atoms with van der Waals surface area (Å²) < 4.78 is 13.7. The first kappa shape index (κ1) is 15.4. The fourth-order valence-corrected chi connectivity index (χ4v) is 2.99. The van der Waals surface area contributed by atoms with Gasteiger partial charge < -0.3 is 5.32 Å². The summed E-state index contributed by atoms with van der Waals surface area (Å²) in [5, 5.41) is 3.78. The zero-order valence-electron chi connectivity index (χ0n) is 11.5. The average Bonchev–Trinajstić information content (AvgIpc) is 2.47. The Morgan fingerprint density at radius 1 is 1.25 bits per heavy atom. The summed E-state index contributed by atoms with van der Waals surface area (Å²) in [4.78, 5) is 1.13. The van der Waals surface area contributed by atoms with Crippen molar-refractivity contribution in [2.24, 2.45) is 0 Å². The van der Waals surface area contributed by atoms with Crippen LogP contribution in [0.4, 0.5) is 4.39 Å². The molecule has 0 aromatic heterocycles. The monoisotopic (exact) mass is 309 g/mol. The van der Waals surface area contributed by atoms with Crippen molar-refractivity contribution in [1.29, 1.82) is 0 Å². The van der Waals surface area contributed by atoms with E-state index in [4.69, 9.17) is 11.6 Å². The predicted molar refractivity (Wildman–Crippen MR) is 84.9 cm³/mol. The molecule has 0 radical (unpaired) electrons. The summed E-state index contributed by atoms with van der Waals surface area (Å²) in [7, 11) is 1.94. The molecule has 0 spiro atoms. The number of nitrogens with one attached hydrogen (secondary N) is 1. The van der Waals surface area contributed by atoms with Crippen molar-refractivity contribution in [3.05, 3.63) is 64.4 Å². The summed E-state index contributed by atoms with van der Waals surface area (Å²) in [6.07, 6.45) is 0. The summed E-state index contributed by atoms with van der Waals surface area (Å²) in [5.74, 6) is 0.366. The molecule has 0 saturated carbocycles. The molecule has 0 aliphatic heterocycles. The number of thioether (sulfide) groups is 1. The lowest BCUT2D eigenvalue weighted by Crippen LogP contribution is -2.11. The van der Waals surface area contributed by atoms with E-state index in [2.05, 4.69) is 24.4 Å². The number of hydrogen-bond donors (Lipinski definition) is 1. The van der Waals surface area contributed by atoms with Crippen LogP contribution in [0.15, 0.2) is 47.4 Å². The van der Waals surface area contributed by atoms with Crippen molar-refractivity contribution in [2.75, 3.05) is 7.05 Å². The van der Waals surface area contributed by atoms with Gasteiger partial charge in [0.2, 0.25) is 0 Å². The molecule has 1 N–H and O–H groups in total. The standard InChI is InChI=1S/C16H17ClFNS/c1-11(19-2)12-4-3-5-15(9-12)20-10-13-8-14(17)6-7-16(13)18/h3-9,11,19H,10H2,1-2H3. The second kappa shape index (κ2) is 7.11. The number of benzene rings is 2. The van der Waals surface area contributed by atoms with Crippen LogP contribution in [0.1, 0.15) is 24.1 Å². The lowest BCUT2D eigenvalue weighted by molar-refractivity contribution is 0.617. The van der Waals surface area contributed by atoms with Gasteiger partial charge in [0, 0.05) is 21.7 Å². The van der Waals surface area contributed by atoms with Gasteiger partial charge in [-0.2, -0.15) is 0 Å². The third-order valence-electron chi connectivity index (χ3n) is 3.19. The molecule has 2 aromatic carbocycles. The van der Waals surface area contributed by atoms with Gasteiger partial charge in [-0.15, -0.1) is 11.8 Å². The van der Waals surface area contributed by atoms with Gasteiger partial charge in [0.15, 0.2) is 0 Å². The highest BCUT2D eigenvalue weighted by molar-refractivity contribution is 7.98. The third kappa shape index (κ3) is 3.98. The normalized spacial score (nSPS) is 12.4. The Kier molecular flexibility index (Phi) is 5.46. The molecule has 0 saturated heterocycles. The maximum Gasteiger partial charge on any atom is 0.127 e. The summed E-state index contributed by atoms with van der Waals surface area (Å²) in [5.41, 5.74) is 1.86. The number of hydrogen-bond acceptors (Lipinski definition) is 2. The SMILES string of the molecule is CNC(C)c1cccc(SCc2cc(Cl)ccc2F)c1. The Bertz CT molecular complexity index is 588. The van der Waals surface area contributed by atoms with Gasteiger partial charge in [0.05, 0.1) is 0 Å². The van der Waals surface area contributed by atoms with E-state index in [1.807, 2.05) is 19.2 Å². The molecule has 1 atom stereocenters. The molecule has 0 aliphatic carbocycles. The van der Waals surface area contributed by atoms with E-state index in [0.717, 1.165) is 4.90 Å². The minimum atomic E-state index is -0.207. The van der Waals surface area contributed by atoms with E-state index < -0.39 is 0 Å². The van der Waals surface area contributed by atoms with Gasteiger partial charge in [0.25, 0.3) is 0 Å². The van der Waals surface area contributed by atoms with Crippen LogP contribution in [0.25, 0.3) is 0 Å². The Balaban J connectivity index is 2.09. The highest BCUT2D eigenvalue weighted by Gasteiger charge is 2.06. The Morgan fingerprint density at radius 3 is 2.80 bits per heavy atom. The zero-order valence-corrected chi connectivity index (χ0v) is 13.1. The van der Waals surface area contributed by atoms with Crippen LogP contribution in [-0.2, 0) is 5.75 Å². The van der Waals surface area contributed by atoms with Gasteiger partial charge in [-0.3, -0.25) is 0 Å². The van der Waals surface area contributed by atoms with Crippen LogP contribution in [-0.4, -0.2) is 7.05 Å². The van der Waals surface area contributed by atoms with Crippen molar-refractivity contribution in [2.45, 2.75) is 23.6 Å². The fraction of sp³-hybridized carbons (Fsp3) is 0.250. The Labute approximate surface area is 128 Å².